The van der Waals surface area contributed by atoms with Gasteiger partial charge >= 0.3 is 0 Å². The van der Waals surface area contributed by atoms with E-state index in [1.165, 1.54) is 6.42 Å². The molecule has 1 unspecified atom stereocenters. The van der Waals surface area contributed by atoms with Crippen molar-refractivity contribution in [3.05, 3.63) is 0 Å². The van der Waals surface area contributed by atoms with Gasteiger partial charge < -0.3 is 5.11 Å². The molecule has 1 atom stereocenters. The Bertz CT molecular complexity index is 81.0. The molecule has 1 aliphatic rings. The molecule has 54 valence electrons. The second-order valence-corrected chi connectivity index (χ2v) is 2.72. The predicted octanol–water partition coefficient (Wildman–Crippen LogP) is 1.51. The van der Waals surface area contributed by atoms with Crippen LogP contribution in [0.15, 0.2) is 0 Å². The van der Waals surface area contributed by atoms with Gasteiger partial charge in [0.25, 0.3) is 0 Å². The summed E-state index contributed by atoms with van der Waals surface area (Å²) in [5.74, 6) is 0.275. The Morgan fingerprint density at radius 1 is 1.56 bits per heavy atom. The quantitative estimate of drug-likeness (QED) is 0.617. The van der Waals surface area contributed by atoms with Crippen molar-refractivity contribution in [3.63, 3.8) is 0 Å². The van der Waals surface area contributed by atoms with Crippen molar-refractivity contribution in [2.45, 2.75) is 31.9 Å². The third-order valence-electron chi connectivity index (χ3n) is 2.07. The molecule has 1 aliphatic carbocycles. The summed E-state index contributed by atoms with van der Waals surface area (Å²) in [4.78, 5) is 0. The molecular formula is C7H13FO. The van der Waals surface area contributed by atoms with Gasteiger partial charge in [-0.15, -0.1) is 0 Å². The Labute approximate surface area is 54.9 Å². The average Bonchev–Trinajstić information content (AvgIpc) is 1.60. The van der Waals surface area contributed by atoms with E-state index in [-0.39, 0.29) is 12.5 Å². The van der Waals surface area contributed by atoms with Crippen LogP contribution in [0.4, 0.5) is 4.39 Å². The van der Waals surface area contributed by atoms with Gasteiger partial charge in [0.05, 0.1) is 0 Å². The fourth-order valence-electron chi connectivity index (χ4n) is 1.16. The van der Waals surface area contributed by atoms with E-state index in [0.717, 1.165) is 12.8 Å². The number of alkyl halides is 1. The van der Waals surface area contributed by atoms with E-state index >= 15 is 0 Å². The highest BCUT2D eigenvalue weighted by Gasteiger charge is 2.26. The smallest absolute Gasteiger partial charge is 0.105 e. The highest BCUT2D eigenvalue weighted by atomic mass is 19.1. The fourth-order valence-corrected chi connectivity index (χ4v) is 1.16. The van der Waals surface area contributed by atoms with Crippen molar-refractivity contribution in [1.29, 1.82) is 0 Å². The van der Waals surface area contributed by atoms with Crippen LogP contribution in [-0.2, 0) is 0 Å². The molecule has 0 spiro atoms. The van der Waals surface area contributed by atoms with Gasteiger partial charge in [-0.05, 0) is 18.8 Å². The summed E-state index contributed by atoms with van der Waals surface area (Å²) in [6, 6.07) is 0. The highest BCUT2D eigenvalue weighted by molar-refractivity contribution is 4.76. The van der Waals surface area contributed by atoms with Gasteiger partial charge in [-0.3, -0.25) is 0 Å². The van der Waals surface area contributed by atoms with Crippen molar-refractivity contribution >= 4 is 0 Å². The van der Waals surface area contributed by atoms with Crippen LogP contribution in [0.2, 0.25) is 0 Å². The van der Waals surface area contributed by atoms with Gasteiger partial charge in [-0.1, -0.05) is 6.42 Å². The SMILES string of the molecule is OCCC(F)C1CCC1. The summed E-state index contributed by atoms with van der Waals surface area (Å²) in [5.41, 5.74) is 0. The lowest BCUT2D eigenvalue weighted by molar-refractivity contribution is 0.116. The molecule has 1 fully saturated rings. The minimum absolute atomic E-state index is 0.00231. The maximum atomic E-state index is 12.7. The summed E-state index contributed by atoms with van der Waals surface area (Å²) >= 11 is 0. The van der Waals surface area contributed by atoms with Crippen LogP contribution in [0, 0.1) is 5.92 Å². The monoisotopic (exact) mass is 132 g/mol. The summed E-state index contributed by atoms with van der Waals surface area (Å²) in [6.45, 7) is -0.00231. The first-order valence-corrected chi connectivity index (χ1v) is 3.59. The Morgan fingerprint density at radius 3 is 2.56 bits per heavy atom. The van der Waals surface area contributed by atoms with Crippen molar-refractivity contribution in [2.24, 2.45) is 5.92 Å². The van der Waals surface area contributed by atoms with Gasteiger partial charge in [0, 0.05) is 13.0 Å². The standard InChI is InChI=1S/C7H13FO/c8-7(4-5-9)6-2-1-3-6/h6-7,9H,1-5H2. The van der Waals surface area contributed by atoms with E-state index in [1.54, 1.807) is 0 Å². The molecule has 1 saturated carbocycles. The number of hydrogen-bond acceptors (Lipinski definition) is 1. The fraction of sp³-hybridized carbons (Fsp3) is 1.00. The van der Waals surface area contributed by atoms with E-state index in [1.807, 2.05) is 0 Å². The number of halogens is 1. The van der Waals surface area contributed by atoms with Crippen molar-refractivity contribution in [1.82, 2.24) is 0 Å². The van der Waals surface area contributed by atoms with Gasteiger partial charge in [-0.2, -0.15) is 0 Å². The summed E-state index contributed by atoms with van der Waals surface area (Å²) in [6.07, 6.45) is 2.84. The number of aliphatic hydroxyl groups is 1. The second kappa shape index (κ2) is 3.16. The van der Waals surface area contributed by atoms with Crippen LogP contribution in [-0.4, -0.2) is 17.9 Å². The molecule has 0 saturated heterocycles. The maximum Gasteiger partial charge on any atom is 0.105 e. The zero-order valence-electron chi connectivity index (χ0n) is 5.52. The normalized spacial score (nSPS) is 23.3. The number of hydrogen-bond donors (Lipinski definition) is 1. The van der Waals surface area contributed by atoms with Crippen molar-refractivity contribution in [2.75, 3.05) is 6.61 Å². The third-order valence-corrected chi connectivity index (χ3v) is 2.07. The van der Waals surface area contributed by atoms with Gasteiger partial charge in [-0.25, -0.2) is 4.39 Å². The molecular weight excluding hydrogens is 119 g/mol. The molecule has 1 N–H and O–H groups in total. The maximum absolute atomic E-state index is 12.7. The largest absolute Gasteiger partial charge is 0.396 e. The van der Waals surface area contributed by atoms with Gasteiger partial charge in [0.2, 0.25) is 0 Å². The molecule has 2 heteroatoms. The van der Waals surface area contributed by atoms with Gasteiger partial charge in [0.1, 0.15) is 6.17 Å². The summed E-state index contributed by atoms with van der Waals surface area (Å²) in [5, 5.41) is 8.37. The topological polar surface area (TPSA) is 20.2 Å². The first kappa shape index (κ1) is 7.00. The zero-order valence-corrected chi connectivity index (χ0v) is 5.52. The lowest BCUT2D eigenvalue weighted by Crippen LogP contribution is -2.23. The highest BCUT2D eigenvalue weighted by Crippen LogP contribution is 2.32. The molecule has 0 aliphatic heterocycles. The molecule has 0 aromatic carbocycles. The van der Waals surface area contributed by atoms with Crippen LogP contribution >= 0.6 is 0 Å². The van der Waals surface area contributed by atoms with Crippen molar-refractivity contribution in [3.8, 4) is 0 Å². The zero-order chi connectivity index (χ0) is 6.69. The minimum Gasteiger partial charge on any atom is -0.396 e. The van der Waals surface area contributed by atoms with E-state index in [9.17, 15) is 4.39 Å². The van der Waals surface area contributed by atoms with Crippen LogP contribution in [0.5, 0.6) is 0 Å². The minimum atomic E-state index is -0.733. The Hall–Kier alpha value is -0.110. The molecule has 0 heterocycles. The lowest BCUT2D eigenvalue weighted by Gasteiger charge is -2.28. The summed E-state index contributed by atoms with van der Waals surface area (Å²) < 4.78 is 12.7. The molecule has 1 rings (SSSR count). The molecule has 0 aromatic heterocycles. The lowest BCUT2D eigenvalue weighted by atomic mass is 9.81. The molecule has 0 aromatic rings. The summed E-state index contributed by atoms with van der Waals surface area (Å²) in [7, 11) is 0. The van der Waals surface area contributed by atoms with Crippen LogP contribution in [0.25, 0.3) is 0 Å². The third kappa shape index (κ3) is 1.65. The molecule has 0 amide bonds. The Kier molecular flexibility index (Phi) is 2.46. The van der Waals surface area contributed by atoms with Crippen molar-refractivity contribution < 1.29 is 9.50 Å². The van der Waals surface area contributed by atoms with Crippen LogP contribution in [0.3, 0.4) is 0 Å². The Balaban J connectivity index is 2.08. The number of rotatable bonds is 3. The molecule has 1 nitrogen and oxygen atoms in total. The molecule has 9 heavy (non-hydrogen) atoms. The van der Waals surface area contributed by atoms with E-state index in [2.05, 4.69) is 0 Å². The molecule has 0 bridgehead atoms. The van der Waals surface area contributed by atoms with E-state index in [0.29, 0.717) is 6.42 Å². The molecule has 0 radical (unpaired) electrons. The number of aliphatic hydroxyl groups excluding tert-OH is 1. The average molecular weight is 132 g/mol. The second-order valence-electron chi connectivity index (χ2n) is 2.72. The van der Waals surface area contributed by atoms with Crippen LogP contribution in [0.1, 0.15) is 25.7 Å². The van der Waals surface area contributed by atoms with E-state index < -0.39 is 6.17 Å². The van der Waals surface area contributed by atoms with E-state index in [4.69, 9.17) is 5.11 Å². The first-order chi connectivity index (χ1) is 4.34. The Morgan fingerprint density at radius 2 is 2.22 bits per heavy atom. The van der Waals surface area contributed by atoms with Gasteiger partial charge in [0.15, 0.2) is 0 Å². The first-order valence-electron chi connectivity index (χ1n) is 3.59. The van der Waals surface area contributed by atoms with Crippen LogP contribution < -0.4 is 0 Å². The predicted molar refractivity (Wildman–Crippen MR) is 33.9 cm³/mol.